The lowest BCUT2D eigenvalue weighted by Crippen LogP contribution is -2.16. The molecule has 0 heterocycles. The monoisotopic (exact) mass is 310 g/mol. The van der Waals surface area contributed by atoms with Gasteiger partial charge in [0, 0.05) is 25.7 Å². The maximum absolute atomic E-state index is 6.04. The third-order valence-electron chi connectivity index (χ3n) is 4.47. The predicted molar refractivity (Wildman–Crippen MR) is 101 cm³/mol. The van der Waals surface area contributed by atoms with E-state index in [2.05, 4.69) is 88.3 Å². The third-order valence-corrected chi connectivity index (χ3v) is 4.47. The summed E-state index contributed by atoms with van der Waals surface area (Å²) in [6.45, 7) is 7.41. The summed E-state index contributed by atoms with van der Waals surface area (Å²) in [6.07, 6.45) is 0.988. The number of hydrogen-bond donors (Lipinski definition) is 1. The molecule has 0 bridgehead atoms. The molecular weight excluding hydrogens is 280 g/mol. The Balaban J connectivity index is 2.12. The summed E-state index contributed by atoms with van der Waals surface area (Å²) in [6, 6.07) is 17.7. The largest absolute Gasteiger partial charge is 0.378 e. The molecule has 0 saturated heterocycles. The molecule has 0 spiro atoms. The van der Waals surface area contributed by atoms with Crippen LogP contribution in [0.4, 0.5) is 5.69 Å². The van der Waals surface area contributed by atoms with Gasteiger partial charge in [0.05, 0.1) is 0 Å². The average molecular weight is 310 g/mol. The maximum Gasteiger partial charge on any atom is 0.0361 e. The van der Waals surface area contributed by atoms with Gasteiger partial charge in [0.1, 0.15) is 0 Å². The second-order valence-electron chi connectivity index (χ2n) is 7.57. The highest BCUT2D eigenvalue weighted by Crippen LogP contribution is 2.25. The molecule has 0 fully saturated rings. The van der Waals surface area contributed by atoms with Gasteiger partial charge in [-0.3, -0.25) is 0 Å². The minimum absolute atomic E-state index is 0.202. The number of nitrogens with two attached hydrogens (primary N) is 1. The molecule has 0 saturated carbocycles. The zero-order valence-corrected chi connectivity index (χ0v) is 15.1. The molecule has 2 aromatic carbocycles. The van der Waals surface area contributed by atoms with Gasteiger partial charge < -0.3 is 10.6 Å². The summed E-state index contributed by atoms with van der Waals surface area (Å²) in [5, 5.41) is 0. The average Bonchev–Trinajstić information content (AvgIpc) is 2.52. The highest BCUT2D eigenvalue weighted by atomic mass is 15.1. The van der Waals surface area contributed by atoms with Gasteiger partial charge >= 0.3 is 0 Å². The number of hydrogen-bond acceptors (Lipinski definition) is 2. The van der Waals surface area contributed by atoms with Crippen LogP contribution in [-0.2, 0) is 11.8 Å². The Hall–Kier alpha value is -1.80. The summed E-state index contributed by atoms with van der Waals surface area (Å²) in [5.74, 6) is 0.367. The lowest BCUT2D eigenvalue weighted by molar-refractivity contribution is 0.589. The van der Waals surface area contributed by atoms with Gasteiger partial charge in [-0.15, -0.1) is 0 Å². The van der Waals surface area contributed by atoms with Crippen LogP contribution in [-0.4, -0.2) is 20.6 Å². The Morgan fingerprint density at radius 2 is 1.48 bits per heavy atom. The van der Waals surface area contributed by atoms with Crippen molar-refractivity contribution in [1.82, 2.24) is 0 Å². The minimum Gasteiger partial charge on any atom is -0.378 e. The molecular formula is C21H30N2. The van der Waals surface area contributed by atoms with Gasteiger partial charge in [-0.1, -0.05) is 57.2 Å². The molecule has 0 aliphatic carbocycles. The van der Waals surface area contributed by atoms with Crippen molar-refractivity contribution >= 4 is 5.69 Å². The molecule has 0 aliphatic heterocycles. The van der Waals surface area contributed by atoms with Gasteiger partial charge in [0.2, 0.25) is 0 Å². The standard InChI is InChI=1S/C21H30N2/c1-21(2,3)19-10-6-16(7-11-19)14-18(15-22)17-8-12-20(13-9-17)23(4)5/h6-13,18H,14-15,22H2,1-5H3. The molecule has 124 valence electrons. The molecule has 0 aromatic heterocycles. The Morgan fingerprint density at radius 3 is 1.91 bits per heavy atom. The van der Waals surface area contributed by atoms with E-state index in [1.165, 1.54) is 22.4 Å². The molecule has 1 unspecified atom stereocenters. The number of nitrogens with zero attached hydrogens (tertiary/aromatic N) is 1. The van der Waals surface area contributed by atoms with Crippen LogP contribution in [0.3, 0.4) is 0 Å². The molecule has 2 N–H and O–H groups in total. The highest BCUT2D eigenvalue weighted by Gasteiger charge is 2.15. The smallest absolute Gasteiger partial charge is 0.0361 e. The molecule has 1 atom stereocenters. The van der Waals surface area contributed by atoms with E-state index in [4.69, 9.17) is 5.73 Å². The van der Waals surface area contributed by atoms with Gasteiger partial charge in [-0.05, 0) is 47.2 Å². The number of anilines is 1. The van der Waals surface area contributed by atoms with Crippen LogP contribution < -0.4 is 10.6 Å². The second kappa shape index (κ2) is 7.18. The van der Waals surface area contributed by atoms with E-state index < -0.39 is 0 Å². The maximum atomic E-state index is 6.04. The third kappa shape index (κ3) is 4.59. The van der Waals surface area contributed by atoms with Crippen molar-refractivity contribution in [2.45, 2.75) is 38.5 Å². The Bertz CT molecular complexity index is 604. The molecule has 0 amide bonds. The topological polar surface area (TPSA) is 29.3 Å². The molecule has 2 nitrogen and oxygen atoms in total. The Kier molecular flexibility index (Phi) is 5.48. The summed E-state index contributed by atoms with van der Waals surface area (Å²) >= 11 is 0. The first kappa shape index (κ1) is 17.6. The fourth-order valence-electron chi connectivity index (χ4n) is 2.81. The Morgan fingerprint density at radius 1 is 0.913 bits per heavy atom. The first-order chi connectivity index (χ1) is 10.8. The Labute approximate surface area is 141 Å². The van der Waals surface area contributed by atoms with Gasteiger partial charge in [0.15, 0.2) is 0 Å². The summed E-state index contributed by atoms with van der Waals surface area (Å²) in [4.78, 5) is 2.12. The van der Waals surface area contributed by atoms with Crippen LogP contribution in [0.1, 0.15) is 43.4 Å². The van der Waals surface area contributed by atoms with E-state index in [0.29, 0.717) is 12.5 Å². The van der Waals surface area contributed by atoms with Crippen LogP contribution in [0.25, 0.3) is 0 Å². The van der Waals surface area contributed by atoms with Crippen LogP contribution in [0.5, 0.6) is 0 Å². The minimum atomic E-state index is 0.202. The van der Waals surface area contributed by atoms with E-state index in [0.717, 1.165) is 6.42 Å². The summed E-state index contributed by atoms with van der Waals surface area (Å²) < 4.78 is 0. The lowest BCUT2D eigenvalue weighted by Gasteiger charge is -2.21. The van der Waals surface area contributed by atoms with Crippen molar-refractivity contribution in [3.8, 4) is 0 Å². The van der Waals surface area contributed by atoms with E-state index >= 15 is 0 Å². The van der Waals surface area contributed by atoms with Gasteiger partial charge in [0.25, 0.3) is 0 Å². The zero-order chi connectivity index (χ0) is 17.0. The molecule has 0 radical (unpaired) electrons. The van der Waals surface area contributed by atoms with Crippen LogP contribution in [0, 0.1) is 0 Å². The first-order valence-electron chi connectivity index (χ1n) is 8.38. The van der Waals surface area contributed by atoms with Crippen LogP contribution in [0.15, 0.2) is 48.5 Å². The van der Waals surface area contributed by atoms with E-state index in [9.17, 15) is 0 Å². The van der Waals surface area contributed by atoms with Crippen molar-refractivity contribution in [3.63, 3.8) is 0 Å². The van der Waals surface area contributed by atoms with E-state index in [-0.39, 0.29) is 5.41 Å². The number of benzene rings is 2. The summed E-state index contributed by atoms with van der Waals surface area (Å²) in [5.41, 5.74) is 11.5. The fourth-order valence-corrected chi connectivity index (χ4v) is 2.81. The zero-order valence-electron chi connectivity index (χ0n) is 15.1. The fraction of sp³-hybridized carbons (Fsp3) is 0.429. The van der Waals surface area contributed by atoms with Crippen molar-refractivity contribution in [2.24, 2.45) is 5.73 Å². The van der Waals surface area contributed by atoms with Crippen LogP contribution >= 0.6 is 0 Å². The van der Waals surface area contributed by atoms with Crippen molar-refractivity contribution in [3.05, 3.63) is 65.2 Å². The molecule has 2 aromatic rings. The summed E-state index contributed by atoms with van der Waals surface area (Å²) in [7, 11) is 4.12. The van der Waals surface area contributed by atoms with Crippen molar-refractivity contribution in [2.75, 3.05) is 25.5 Å². The van der Waals surface area contributed by atoms with Crippen LogP contribution in [0.2, 0.25) is 0 Å². The second-order valence-corrected chi connectivity index (χ2v) is 7.57. The molecule has 2 heteroatoms. The van der Waals surface area contributed by atoms with E-state index in [1.54, 1.807) is 0 Å². The predicted octanol–water partition coefficient (Wildman–Crippen LogP) is 4.34. The number of rotatable bonds is 5. The molecule has 0 aliphatic rings. The molecule has 23 heavy (non-hydrogen) atoms. The van der Waals surface area contributed by atoms with E-state index in [1.807, 2.05) is 0 Å². The quantitative estimate of drug-likeness (QED) is 0.890. The lowest BCUT2D eigenvalue weighted by atomic mass is 9.85. The first-order valence-corrected chi connectivity index (χ1v) is 8.38. The molecule has 2 rings (SSSR count). The van der Waals surface area contributed by atoms with Gasteiger partial charge in [-0.2, -0.15) is 0 Å². The van der Waals surface area contributed by atoms with Gasteiger partial charge in [-0.25, -0.2) is 0 Å². The van der Waals surface area contributed by atoms with Crippen molar-refractivity contribution < 1.29 is 0 Å². The normalized spacial score (nSPS) is 13.0. The SMILES string of the molecule is CN(C)c1ccc(C(CN)Cc2ccc(C(C)(C)C)cc2)cc1. The highest BCUT2D eigenvalue weighted by molar-refractivity contribution is 5.46. The van der Waals surface area contributed by atoms with Crippen molar-refractivity contribution in [1.29, 1.82) is 0 Å².